The smallest absolute Gasteiger partial charge is 0.248 e. The minimum atomic E-state index is -4.66. The number of anilines is 1. The number of ether oxygens (including phenoxy) is 1. The van der Waals surface area contributed by atoms with Gasteiger partial charge in [0.15, 0.2) is 23.0 Å². The molecular formula is C27H20BrF3N6O4S. The molecule has 3 N–H and O–H groups in total. The van der Waals surface area contributed by atoms with Crippen molar-refractivity contribution in [3.63, 3.8) is 0 Å². The van der Waals surface area contributed by atoms with Crippen molar-refractivity contribution in [2.45, 2.75) is 17.4 Å². The number of nitrogens with two attached hydrogens (primary N) is 1. The van der Waals surface area contributed by atoms with Gasteiger partial charge in [-0.2, -0.15) is 13.8 Å². The van der Waals surface area contributed by atoms with E-state index in [1.807, 2.05) is 30.3 Å². The van der Waals surface area contributed by atoms with Gasteiger partial charge in [0, 0.05) is 18.7 Å². The number of phenolic OH excluding ortho intramolecular Hbond substituents is 1. The third kappa shape index (κ3) is 4.62. The number of aromatic nitrogens is 4. The summed E-state index contributed by atoms with van der Waals surface area (Å²) in [6.07, 6.45) is 1.51. The molecule has 1 aliphatic rings. The van der Waals surface area contributed by atoms with E-state index in [0.29, 0.717) is 33.8 Å². The predicted octanol–water partition coefficient (Wildman–Crippen LogP) is 5.39. The zero-order valence-electron chi connectivity index (χ0n) is 21.4. The van der Waals surface area contributed by atoms with Crippen LogP contribution in [-0.2, 0) is 10.0 Å². The molecule has 6 rings (SSSR count). The molecule has 1 fully saturated rings. The van der Waals surface area contributed by atoms with Gasteiger partial charge in [0.1, 0.15) is 34.2 Å². The second kappa shape index (κ2) is 10.6. The second-order valence-corrected chi connectivity index (χ2v) is 12.1. The molecule has 5 aromatic rings. The van der Waals surface area contributed by atoms with Crippen molar-refractivity contribution in [1.82, 2.24) is 24.1 Å². The number of rotatable bonds is 6. The van der Waals surface area contributed by atoms with Crippen LogP contribution < -0.4 is 10.5 Å². The molecule has 10 nitrogen and oxygen atoms in total. The first-order valence-electron chi connectivity index (χ1n) is 12.4. The minimum absolute atomic E-state index is 0.0811. The molecule has 216 valence electrons. The first-order valence-corrected chi connectivity index (χ1v) is 14.7. The summed E-state index contributed by atoms with van der Waals surface area (Å²) in [5.74, 6) is -5.85. The summed E-state index contributed by atoms with van der Waals surface area (Å²) in [7, 11) is -4.66. The lowest BCUT2D eigenvalue weighted by Crippen LogP contribution is -2.30. The summed E-state index contributed by atoms with van der Waals surface area (Å²) in [5, 5.41) is 15.3. The van der Waals surface area contributed by atoms with E-state index >= 15 is 0 Å². The Morgan fingerprint density at radius 2 is 1.67 bits per heavy atom. The molecule has 15 heteroatoms. The van der Waals surface area contributed by atoms with Crippen molar-refractivity contribution in [3.05, 3.63) is 82.8 Å². The van der Waals surface area contributed by atoms with E-state index in [-0.39, 0.29) is 25.3 Å². The molecule has 2 aromatic heterocycles. The Morgan fingerprint density at radius 3 is 2.38 bits per heavy atom. The van der Waals surface area contributed by atoms with Crippen molar-refractivity contribution >= 4 is 42.8 Å². The Kier molecular flexibility index (Phi) is 7.03. The Labute approximate surface area is 245 Å². The highest BCUT2D eigenvalue weighted by Gasteiger charge is 2.40. The molecule has 3 aromatic carbocycles. The first kappa shape index (κ1) is 27.9. The van der Waals surface area contributed by atoms with Crippen LogP contribution >= 0.6 is 15.9 Å². The molecule has 42 heavy (non-hydrogen) atoms. The maximum absolute atomic E-state index is 14.2. The number of halogens is 4. The van der Waals surface area contributed by atoms with E-state index in [1.165, 1.54) is 11.0 Å². The van der Waals surface area contributed by atoms with E-state index < -0.39 is 48.6 Å². The number of para-hydroxylation sites is 1. The van der Waals surface area contributed by atoms with Gasteiger partial charge in [-0.15, -0.1) is 0 Å². The number of hydrogen-bond donors (Lipinski definition) is 2. The van der Waals surface area contributed by atoms with Crippen LogP contribution in [0.3, 0.4) is 0 Å². The summed E-state index contributed by atoms with van der Waals surface area (Å²) >= 11 is 2.65. The van der Waals surface area contributed by atoms with Crippen molar-refractivity contribution in [2.24, 2.45) is 0 Å². The first-order chi connectivity index (χ1) is 20.1. The molecule has 0 aliphatic carbocycles. The fraction of sp³-hybridized carbons (Fsp3) is 0.148. The Morgan fingerprint density at radius 1 is 0.976 bits per heavy atom. The van der Waals surface area contributed by atoms with E-state index in [1.54, 1.807) is 24.3 Å². The van der Waals surface area contributed by atoms with Gasteiger partial charge >= 0.3 is 0 Å². The van der Waals surface area contributed by atoms with Crippen molar-refractivity contribution in [1.29, 1.82) is 0 Å². The van der Waals surface area contributed by atoms with Crippen molar-refractivity contribution in [2.75, 3.05) is 18.8 Å². The second-order valence-electron chi connectivity index (χ2n) is 9.43. The van der Waals surface area contributed by atoms with Crippen LogP contribution in [0.25, 0.3) is 22.3 Å². The normalized spacial score (nSPS) is 15.9. The van der Waals surface area contributed by atoms with Crippen LogP contribution in [0, 0.1) is 17.5 Å². The third-order valence-electron chi connectivity index (χ3n) is 6.90. The Hall–Kier alpha value is -4.21. The summed E-state index contributed by atoms with van der Waals surface area (Å²) in [4.78, 5) is 7.33. The SMILES string of the molecule is Nc1ncnc2c1c(-c1ccc(Oc3ccccc3)cc1)nn2[C@@H]1CCN(S(=O)(=O)c2c(O)c(F)c(F)c(F)c2Br)C1. The lowest BCUT2D eigenvalue weighted by atomic mass is 10.1. The van der Waals surface area contributed by atoms with Crippen LogP contribution in [0.2, 0.25) is 0 Å². The lowest BCUT2D eigenvalue weighted by molar-refractivity contribution is 0.367. The zero-order valence-corrected chi connectivity index (χ0v) is 23.8. The van der Waals surface area contributed by atoms with E-state index in [9.17, 15) is 26.7 Å². The van der Waals surface area contributed by atoms with Gasteiger partial charge in [-0.3, -0.25) is 0 Å². The number of sulfonamides is 1. The lowest BCUT2D eigenvalue weighted by Gasteiger charge is -2.19. The molecule has 3 heterocycles. The van der Waals surface area contributed by atoms with Gasteiger partial charge in [0.2, 0.25) is 15.8 Å². The summed E-state index contributed by atoms with van der Waals surface area (Å²) in [6, 6.07) is 15.8. The van der Waals surface area contributed by atoms with E-state index in [2.05, 4.69) is 25.9 Å². The Balaban J connectivity index is 1.34. The number of phenols is 1. The maximum atomic E-state index is 14.2. The van der Waals surface area contributed by atoms with E-state index in [0.717, 1.165) is 4.31 Å². The highest BCUT2D eigenvalue weighted by molar-refractivity contribution is 9.10. The van der Waals surface area contributed by atoms with Crippen LogP contribution in [-0.4, -0.2) is 50.7 Å². The maximum Gasteiger partial charge on any atom is 0.248 e. The summed E-state index contributed by atoms with van der Waals surface area (Å²) in [5.41, 5.74) is 7.70. The van der Waals surface area contributed by atoms with Crippen LogP contribution in [0.15, 0.2) is 70.3 Å². The van der Waals surface area contributed by atoms with Crippen LogP contribution in [0.5, 0.6) is 17.2 Å². The number of benzene rings is 3. The molecule has 0 amide bonds. The highest BCUT2D eigenvalue weighted by Crippen LogP contribution is 2.41. The fourth-order valence-corrected chi connectivity index (χ4v) is 7.45. The number of fused-ring (bicyclic) bond motifs is 1. The number of aromatic hydroxyl groups is 1. The van der Waals surface area contributed by atoms with Crippen molar-refractivity contribution in [3.8, 4) is 28.5 Å². The van der Waals surface area contributed by atoms with E-state index in [4.69, 9.17) is 15.6 Å². The summed E-state index contributed by atoms with van der Waals surface area (Å²) < 4.78 is 76.2. The molecule has 0 unspecified atom stereocenters. The molecule has 1 aliphatic heterocycles. The van der Waals surface area contributed by atoms with Gasteiger partial charge < -0.3 is 15.6 Å². The zero-order chi connectivity index (χ0) is 29.8. The molecular weight excluding hydrogens is 641 g/mol. The molecule has 1 saturated heterocycles. The molecule has 0 bridgehead atoms. The minimum Gasteiger partial charge on any atom is -0.504 e. The fourth-order valence-electron chi connectivity index (χ4n) is 4.85. The van der Waals surface area contributed by atoms with Gasteiger partial charge in [-0.05, 0) is 58.7 Å². The average Bonchev–Trinajstić information content (AvgIpc) is 3.63. The van der Waals surface area contributed by atoms with Crippen LogP contribution in [0.4, 0.5) is 19.0 Å². The van der Waals surface area contributed by atoms with Gasteiger partial charge in [0.25, 0.3) is 0 Å². The topological polar surface area (TPSA) is 136 Å². The van der Waals surface area contributed by atoms with Crippen molar-refractivity contribution < 1.29 is 31.4 Å². The quantitative estimate of drug-likeness (QED) is 0.183. The molecule has 1 atom stereocenters. The van der Waals surface area contributed by atoms with Crippen LogP contribution in [0.1, 0.15) is 12.5 Å². The average molecular weight is 661 g/mol. The monoisotopic (exact) mass is 660 g/mol. The summed E-state index contributed by atoms with van der Waals surface area (Å²) in [6.45, 7) is -0.263. The number of nitrogen functional groups attached to an aromatic ring is 1. The standard InChI is InChI=1S/C27H20BrF3N6O4S/c28-19-20(29)21(30)22(31)24(38)25(19)42(39,40)36-11-10-15(12-36)37-27-18(26(32)33-13-34-27)23(35-37)14-6-8-17(9-7-14)41-16-4-2-1-3-5-16/h1-9,13,15,38H,10-12H2,(H2,32,33,34)/t15-/m1/s1. The van der Waals surface area contributed by atoms with Gasteiger partial charge in [0.05, 0.1) is 15.9 Å². The molecule has 0 saturated carbocycles. The largest absolute Gasteiger partial charge is 0.504 e. The molecule has 0 spiro atoms. The van der Waals surface area contributed by atoms with Gasteiger partial charge in [-0.25, -0.2) is 31.8 Å². The predicted molar refractivity (Wildman–Crippen MR) is 150 cm³/mol. The Bertz CT molecular complexity index is 1910. The molecule has 0 radical (unpaired) electrons. The highest BCUT2D eigenvalue weighted by atomic mass is 79.9. The number of hydrogen-bond acceptors (Lipinski definition) is 8. The van der Waals surface area contributed by atoms with Gasteiger partial charge in [-0.1, -0.05) is 18.2 Å². The third-order valence-corrected chi connectivity index (χ3v) is 9.83. The number of nitrogens with zero attached hydrogens (tertiary/aromatic N) is 5.